The molecule has 43 heavy (non-hydrogen) atoms. The Balaban J connectivity index is 1.22. The van der Waals surface area contributed by atoms with E-state index in [1.165, 1.54) is 63.3 Å². The fourth-order valence-electron chi connectivity index (χ4n) is 7.07. The minimum absolute atomic E-state index is 0.869. The first-order valence-corrected chi connectivity index (χ1v) is 15.4. The number of rotatable bonds is 1. The SMILES string of the molecule is c1ccc2c(c1)Oc1ccccc1N2c1ccc2c(ccc3c4cc5c6ccccc6c6ccccc6c5cc4sc23)c1. The fraction of sp³-hybridized carbons (Fsp3) is 0. The fourth-order valence-corrected chi connectivity index (χ4v) is 8.33. The monoisotopic (exact) mass is 565 g/mol. The summed E-state index contributed by atoms with van der Waals surface area (Å²) in [4.78, 5) is 2.31. The molecular formula is C40H23NOS. The number of hydrogen-bond acceptors (Lipinski definition) is 3. The molecule has 1 aliphatic rings. The molecule has 2 heterocycles. The van der Waals surface area contributed by atoms with Crippen LogP contribution in [0.25, 0.3) is 63.3 Å². The molecule has 3 heteroatoms. The lowest BCUT2D eigenvalue weighted by molar-refractivity contribution is 0.477. The summed E-state index contributed by atoms with van der Waals surface area (Å²) < 4.78 is 8.92. The van der Waals surface area contributed by atoms with Gasteiger partial charge >= 0.3 is 0 Å². The van der Waals surface area contributed by atoms with Crippen molar-refractivity contribution in [1.82, 2.24) is 0 Å². The van der Waals surface area contributed by atoms with E-state index >= 15 is 0 Å². The van der Waals surface area contributed by atoms with Crippen LogP contribution in [0.15, 0.2) is 140 Å². The van der Waals surface area contributed by atoms with Crippen LogP contribution in [0.5, 0.6) is 11.5 Å². The van der Waals surface area contributed by atoms with E-state index < -0.39 is 0 Å². The van der Waals surface area contributed by atoms with Gasteiger partial charge in [0.1, 0.15) is 0 Å². The third-order valence-corrected chi connectivity index (χ3v) is 10.2. The van der Waals surface area contributed by atoms with Crippen LogP contribution in [0.4, 0.5) is 17.1 Å². The zero-order valence-corrected chi connectivity index (χ0v) is 23.9. The normalized spacial score (nSPS) is 12.8. The molecule has 0 N–H and O–H groups in total. The molecule has 0 atom stereocenters. The van der Waals surface area contributed by atoms with Gasteiger partial charge in [-0.15, -0.1) is 11.3 Å². The number of nitrogens with zero attached hydrogens (tertiary/aromatic N) is 1. The van der Waals surface area contributed by atoms with Crippen molar-refractivity contribution in [3.05, 3.63) is 140 Å². The first kappa shape index (κ1) is 23.2. The van der Waals surface area contributed by atoms with E-state index in [2.05, 4.69) is 120 Å². The van der Waals surface area contributed by atoms with Gasteiger partial charge in [0.05, 0.1) is 11.4 Å². The number of ether oxygens (including phenoxy) is 1. The Bertz CT molecular complexity index is 2570. The maximum absolute atomic E-state index is 6.25. The Kier molecular flexibility index (Phi) is 4.63. The number of hydrogen-bond donors (Lipinski definition) is 0. The summed E-state index contributed by atoms with van der Waals surface area (Å²) in [6.45, 7) is 0. The van der Waals surface area contributed by atoms with Crippen molar-refractivity contribution < 1.29 is 4.74 Å². The van der Waals surface area contributed by atoms with Crippen molar-refractivity contribution >= 4 is 91.7 Å². The summed E-state index contributed by atoms with van der Waals surface area (Å²) in [6, 6.07) is 50.5. The van der Waals surface area contributed by atoms with Crippen molar-refractivity contribution in [3.63, 3.8) is 0 Å². The molecule has 0 radical (unpaired) electrons. The van der Waals surface area contributed by atoms with Crippen LogP contribution < -0.4 is 9.64 Å². The zero-order chi connectivity index (χ0) is 28.1. The van der Waals surface area contributed by atoms with Gasteiger partial charge in [-0.05, 0) is 91.6 Å². The Labute approximate surface area is 251 Å². The second-order valence-corrected chi connectivity index (χ2v) is 12.4. The van der Waals surface area contributed by atoms with Gasteiger partial charge in [-0.2, -0.15) is 0 Å². The molecule has 0 fully saturated rings. The van der Waals surface area contributed by atoms with Gasteiger partial charge in [0.2, 0.25) is 0 Å². The number of anilines is 3. The van der Waals surface area contributed by atoms with Crippen molar-refractivity contribution in [1.29, 1.82) is 0 Å². The van der Waals surface area contributed by atoms with Gasteiger partial charge in [0, 0.05) is 25.9 Å². The molecule has 0 saturated carbocycles. The van der Waals surface area contributed by atoms with E-state index in [1.807, 2.05) is 35.6 Å². The van der Waals surface area contributed by atoms with E-state index in [4.69, 9.17) is 4.74 Å². The van der Waals surface area contributed by atoms with Crippen LogP contribution >= 0.6 is 11.3 Å². The predicted octanol–water partition coefficient (Wildman–Crippen LogP) is 12.2. The van der Waals surface area contributed by atoms with Crippen LogP contribution in [0.1, 0.15) is 0 Å². The first-order chi connectivity index (χ1) is 21.3. The molecule has 0 aliphatic carbocycles. The molecule has 200 valence electrons. The van der Waals surface area contributed by atoms with Gasteiger partial charge in [-0.1, -0.05) is 91.0 Å². The second-order valence-electron chi connectivity index (χ2n) is 11.3. The molecule has 0 saturated heterocycles. The minimum atomic E-state index is 0.869. The lowest BCUT2D eigenvalue weighted by Crippen LogP contribution is -2.15. The zero-order valence-electron chi connectivity index (χ0n) is 23.0. The Hall–Kier alpha value is -5.38. The van der Waals surface area contributed by atoms with Crippen molar-refractivity contribution in [2.24, 2.45) is 0 Å². The van der Waals surface area contributed by atoms with E-state index in [1.54, 1.807) is 0 Å². The molecule has 2 nitrogen and oxygen atoms in total. The summed E-state index contributed by atoms with van der Waals surface area (Å²) in [5.41, 5.74) is 3.23. The third-order valence-electron chi connectivity index (χ3n) is 8.99. The first-order valence-electron chi connectivity index (χ1n) is 14.6. The average molecular weight is 566 g/mol. The highest BCUT2D eigenvalue weighted by Crippen LogP contribution is 2.51. The van der Waals surface area contributed by atoms with Crippen molar-refractivity contribution in [2.75, 3.05) is 4.90 Å². The summed E-state index contributed by atoms with van der Waals surface area (Å²) in [5, 5.41) is 13.1. The lowest BCUT2D eigenvalue weighted by Gasteiger charge is -2.32. The van der Waals surface area contributed by atoms with E-state index in [-0.39, 0.29) is 0 Å². The number of fused-ring (bicyclic) bond motifs is 13. The maximum atomic E-state index is 6.25. The van der Waals surface area contributed by atoms with Crippen molar-refractivity contribution in [3.8, 4) is 11.5 Å². The number of thiophene rings is 1. The van der Waals surface area contributed by atoms with Gasteiger partial charge in [-0.3, -0.25) is 0 Å². The minimum Gasteiger partial charge on any atom is -0.453 e. The van der Waals surface area contributed by atoms with Crippen LogP contribution in [-0.2, 0) is 0 Å². The molecule has 8 aromatic carbocycles. The molecule has 0 bridgehead atoms. The topological polar surface area (TPSA) is 12.5 Å². The highest BCUT2D eigenvalue weighted by molar-refractivity contribution is 7.26. The smallest absolute Gasteiger partial charge is 0.151 e. The molecule has 1 aromatic heterocycles. The Morgan fingerprint density at radius 3 is 1.65 bits per heavy atom. The number of benzene rings is 8. The van der Waals surface area contributed by atoms with E-state index in [0.29, 0.717) is 0 Å². The largest absolute Gasteiger partial charge is 0.453 e. The molecule has 9 aromatic rings. The lowest BCUT2D eigenvalue weighted by atomic mass is 9.93. The maximum Gasteiger partial charge on any atom is 0.151 e. The van der Waals surface area contributed by atoms with E-state index in [9.17, 15) is 0 Å². The summed E-state index contributed by atoms with van der Waals surface area (Å²) in [5.74, 6) is 1.74. The van der Waals surface area contributed by atoms with Crippen LogP contribution in [-0.4, -0.2) is 0 Å². The average Bonchev–Trinajstić information content (AvgIpc) is 3.44. The second kappa shape index (κ2) is 8.57. The standard InChI is InChI=1S/C40H23NOS/c1-3-11-29-27(9-1)28-10-2-4-12-30(28)33-23-39-34(22-32(29)33)31-19-17-24-21-25(18-20-26(24)40(31)43-39)41-35-13-5-7-15-37(35)42-38-16-8-6-14-36(38)41/h1-23H. The summed E-state index contributed by atoms with van der Waals surface area (Å²) >= 11 is 1.90. The molecule has 1 aliphatic heterocycles. The van der Waals surface area contributed by atoms with Gasteiger partial charge in [0.25, 0.3) is 0 Å². The van der Waals surface area contributed by atoms with Gasteiger partial charge in [-0.25, -0.2) is 0 Å². The molecular weight excluding hydrogens is 543 g/mol. The highest BCUT2D eigenvalue weighted by atomic mass is 32.1. The Morgan fingerprint density at radius 1 is 0.419 bits per heavy atom. The quantitative estimate of drug-likeness (QED) is 0.184. The molecule has 0 unspecified atom stereocenters. The van der Waals surface area contributed by atoms with Crippen LogP contribution in [0, 0.1) is 0 Å². The van der Waals surface area contributed by atoms with Gasteiger partial charge in [0.15, 0.2) is 11.5 Å². The van der Waals surface area contributed by atoms with Gasteiger partial charge < -0.3 is 9.64 Å². The third kappa shape index (κ3) is 3.23. The van der Waals surface area contributed by atoms with Crippen LogP contribution in [0.2, 0.25) is 0 Å². The van der Waals surface area contributed by atoms with Crippen molar-refractivity contribution in [2.45, 2.75) is 0 Å². The van der Waals surface area contributed by atoms with Crippen LogP contribution in [0.3, 0.4) is 0 Å². The Morgan fingerprint density at radius 2 is 0.977 bits per heavy atom. The highest BCUT2D eigenvalue weighted by Gasteiger charge is 2.25. The number of para-hydroxylation sites is 4. The predicted molar refractivity (Wildman–Crippen MR) is 184 cm³/mol. The molecule has 0 amide bonds. The summed E-state index contributed by atoms with van der Waals surface area (Å²) in [6.07, 6.45) is 0. The summed E-state index contributed by atoms with van der Waals surface area (Å²) in [7, 11) is 0. The molecule has 10 rings (SSSR count). The van der Waals surface area contributed by atoms with E-state index in [0.717, 1.165) is 28.6 Å². The molecule has 0 spiro atoms.